The van der Waals surface area contributed by atoms with E-state index in [-0.39, 0.29) is 5.82 Å². The fraction of sp³-hybridized carbons (Fsp3) is 1.00. The molecule has 4 heteroatoms. The Balaban J connectivity index is 2.21. The highest BCUT2D eigenvalue weighted by Gasteiger charge is 2.18. The summed E-state index contributed by atoms with van der Waals surface area (Å²) in [6.07, 6.45) is 1.95. The van der Waals surface area contributed by atoms with Crippen LogP contribution in [0.2, 0.25) is 5.82 Å². The van der Waals surface area contributed by atoms with Gasteiger partial charge in [-0.2, -0.15) is 0 Å². The molecule has 0 amide bonds. The maximum Gasteiger partial charge on any atom is 0.188 e. The van der Waals surface area contributed by atoms with Gasteiger partial charge in [-0.05, 0) is 19.2 Å². The smallest absolute Gasteiger partial charge is 0.188 e. The average Bonchev–Trinajstić information content (AvgIpc) is 2.07. The van der Waals surface area contributed by atoms with Gasteiger partial charge in [0.05, 0.1) is 0 Å². The van der Waals surface area contributed by atoms with Gasteiger partial charge in [0, 0.05) is 19.8 Å². The van der Waals surface area contributed by atoms with Crippen molar-refractivity contribution in [3.8, 4) is 0 Å². The minimum Gasteiger partial charge on any atom is -0.856 e. The van der Waals surface area contributed by atoms with Crippen LogP contribution >= 0.6 is 0 Å². The zero-order chi connectivity index (χ0) is 8.10. The Morgan fingerprint density at radius 3 is 3.09 bits per heavy atom. The molecule has 1 rings (SSSR count). The van der Waals surface area contributed by atoms with Crippen LogP contribution in [-0.4, -0.2) is 26.9 Å². The van der Waals surface area contributed by atoms with E-state index in [2.05, 4.69) is 0 Å². The highest BCUT2D eigenvalue weighted by Crippen LogP contribution is 2.20. The summed E-state index contributed by atoms with van der Waals surface area (Å²) in [7, 11) is -0.875. The van der Waals surface area contributed by atoms with E-state index in [0.717, 1.165) is 19.4 Å². The molecular formula is C7H14BO3-. The standard InChI is InChI=1S/C7H14BO3/c1-2-11-8(9)7-4-3-5-10-6-7/h7H,2-6H2,1H3/q-1. The van der Waals surface area contributed by atoms with Crippen LogP contribution in [0.3, 0.4) is 0 Å². The first-order valence-corrected chi connectivity index (χ1v) is 4.19. The molecule has 0 aromatic rings. The molecule has 1 unspecified atom stereocenters. The van der Waals surface area contributed by atoms with Gasteiger partial charge in [0.1, 0.15) is 0 Å². The van der Waals surface area contributed by atoms with E-state index >= 15 is 0 Å². The zero-order valence-electron chi connectivity index (χ0n) is 6.91. The van der Waals surface area contributed by atoms with Crippen LogP contribution < -0.4 is 5.02 Å². The van der Waals surface area contributed by atoms with Gasteiger partial charge >= 0.3 is 0 Å². The summed E-state index contributed by atoms with van der Waals surface area (Å²) in [6.45, 7) is 3.72. The summed E-state index contributed by atoms with van der Waals surface area (Å²) in [5, 5.41) is 11.2. The normalized spacial score (nSPS) is 25.1. The van der Waals surface area contributed by atoms with Crippen LogP contribution in [0, 0.1) is 0 Å². The van der Waals surface area contributed by atoms with Crippen LogP contribution in [-0.2, 0) is 9.39 Å². The largest absolute Gasteiger partial charge is 0.856 e. The van der Waals surface area contributed by atoms with Gasteiger partial charge in [-0.25, -0.2) is 0 Å². The number of hydrogen-bond acceptors (Lipinski definition) is 3. The van der Waals surface area contributed by atoms with Crippen LogP contribution in [0.5, 0.6) is 0 Å². The van der Waals surface area contributed by atoms with Crippen LogP contribution in [0.1, 0.15) is 19.8 Å². The lowest BCUT2D eigenvalue weighted by molar-refractivity contribution is -0.228. The molecule has 1 heterocycles. The third kappa shape index (κ3) is 2.81. The van der Waals surface area contributed by atoms with Crippen molar-refractivity contribution in [3.05, 3.63) is 0 Å². The Bertz CT molecular complexity index is 104. The molecule has 1 fully saturated rings. The van der Waals surface area contributed by atoms with E-state index in [0.29, 0.717) is 13.2 Å². The lowest BCUT2D eigenvalue weighted by atomic mass is 9.69. The van der Waals surface area contributed by atoms with Crippen molar-refractivity contribution in [1.29, 1.82) is 0 Å². The summed E-state index contributed by atoms with van der Waals surface area (Å²) in [5.74, 6) is 0.0729. The van der Waals surface area contributed by atoms with Crippen molar-refractivity contribution in [1.82, 2.24) is 0 Å². The molecule has 0 aromatic heterocycles. The van der Waals surface area contributed by atoms with Gasteiger partial charge in [-0.1, -0.05) is 6.42 Å². The second kappa shape index (κ2) is 4.75. The van der Waals surface area contributed by atoms with E-state index in [1.807, 2.05) is 6.92 Å². The Morgan fingerprint density at radius 2 is 2.55 bits per heavy atom. The monoisotopic (exact) mass is 157 g/mol. The number of hydrogen-bond donors (Lipinski definition) is 0. The van der Waals surface area contributed by atoms with Crippen molar-refractivity contribution in [3.63, 3.8) is 0 Å². The Hall–Kier alpha value is -0.0551. The molecule has 1 aliphatic rings. The fourth-order valence-electron chi connectivity index (χ4n) is 1.28. The molecule has 11 heavy (non-hydrogen) atoms. The highest BCUT2D eigenvalue weighted by molar-refractivity contribution is 6.42. The van der Waals surface area contributed by atoms with Crippen LogP contribution in [0.25, 0.3) is 0 Å². The summed E-state index contributed by atoms with van der Waals surface area (Å²) in [5.41, 5.74) is 0. The minimum absolute atomic E-state index is 0.0729. The number of rotatable bonds is 3. The third-order valence-corrected chi connectivity index (χ3v) is 1.91. The van der Waals surface area contributed by atoms with Crippen molar-refractivity contribution in [2.24, 2.45) is 0 Å². The maximum atomic E-state index is 11.2. The summed E-state index contributed by atoms with van der Waals surface area (Å²) >= 11 is 0. The van der Waals surface area contributed by atoms with Gasteiger partial charge in [-0.15, -0.1) is 0 Å². The molecule has 0 radical (unpaired) electrons. The highest BCUT2D eigenvalue weighted by atomic mass is 16.5. The van der Waals surface area contributed by atoms with Gasteiger partial charge in [0.2, 0.25) is 0 Å². The molecule has 0 aromatic carbocycles. The van der Waals surface area contributed by atoms with Crippen molar-refractivity contribution in [2.45, 2.75) is 25.6 Å². The van der Waals surface area contributed by atoms with Gasteiger partial charge in [-0.3, -0.25) is 0 Å². The SMILES string of the molecule is CCOB([O-])C1CCCOC1. The molecule has 0 aliphatic carbocycles. The fourth-order valence-corrected chi connectivity index (χ4v) is 1.28. The van der Waals surface area contributed by atoms with Gasteiger partial charge in [0.25, 0.3) is 0 Å². The molecule has 1 atom stereocenters. The van der Waals surface area contributed by atoms with E-state index in [1.165, 1.54) is 0 Å². The lowest BCUT2D eigenvalue weighted by Gasteiger charge is -2.31. The molecule has 0 spiro atoms. The van der Waals surface area contributed by atoms with E-state index < -0.39 is 7.12 Å². The van der Waals surface area contributed by atoms with Gasteiger partial charge < -0.3 is 14.4 Å². The summed E-state index contributed by atoms with van der Waals surface area (Å²) in [4.78, 5) is 0. The van der Waals surface area contributed by atoms with Crippen molar-refractivity contribution < 1.29 is 14.4 Å². The first kappa shape index (κ1) is 9.04. The topological polar surface area (TPSA) is 41.5 Å². The molecule has 0 saturated carbocycles. The molecule has 3 nitrogen and oxygen atoms in total. The molecular weight excluding hydrogens is 143 g/mol. The quantitative estimate of drug-likeness (QED) is 0.543. The molecule has 0 N–H and O–H groups in total. The zero-order valence-corrected chi connectivity index (χ0v) is 6.91. The van der Waals surface area contributed by atoms with E-state index in [4.69, 9.17) is 9.39 Å². The Kier molecular flexibility index (Phi) is 3.90. The second-order valence-corrected chi connectivity index (χ2v) is 2.80. The second-order valence-electron chi connectivity index (χ2n) is 2.80. The minimum atomic E-state index is -0.875. The molecule has 0 bridgehead atoms. The average molecular weight is 157 g/mol. The van der Waals surface area contributed by atoms with Crippen molar-refractivity contribution in [2.75, 3.05) is 19.8 Å². The summed E-state index contributed by atoms with van der Waals surface area (Å²) < 4.78 is 10.1. The Morgan fingerprint density at radius 1 is 1.73 bits per heavy atom. The predicted octanol–water partition coefficient (Wildman–Crippen LogP) is 0.0520. The van der Waals surface area contributed by atoms with Crippen LogP contribution in [0.4, 0.5) is 0 Å². The first-order chi connectivity index (χ1) is 5.34. The van der Waals surface area contributed by atoms with Gasteiger partial charge in [0.15, 0.2) is 7.12 Å². The van der Waals surface area contributed by atoms with E-state index in [1.54, 1.807) is 0 Å². The van der Waals surface area contributed by atoms with Crippen LogP contribution in [0.15, 0.2) is 0 Å². The number of ether oxygens (including phenoxy) is 1. The maximum absolute atomic E-state index is 11.2. The molecule has 64 valence electrons. The van der Waals surface area contributed by atoms with E-state index in [9.17, 15) is 5.02 Å². The predicted molar refractivity (Wildman–Crippen MR) is 41.2 cm³/mol. The van der Waals surface area contributed by atoms with Crippen molar-refractivity contribution >= 4 is 7.12 Å². The molecule has 1 aliphatic heterocycles. The molecule has 1 saturated heterocycles. The lowest BCUT2D eigenvalue weighted by Crippen LogP contribution is -2.42. The third-order valence-electron chi connectivity index (χ3n) is 1.91. The first-order valence-electron chi connectivity index (χ1n) is 4.19. The Labute approximate surface area is 67.8 Å². The summed E-state index contributed by atoms with van der Waals surface area (Å²) in [6, 6.07) is 0.